The molecule has 0 amide bonds. The van der Waals surface area contributed by atoms with Gasteiger partial charge in [0.1, 0.15) is 6.33 Å². The largest absolute Gasteiger partial charge is 0.416 e. The summed E-state index contributed by atoms with van der Waals surface area (Å²) in [5.74, 6) is -0.505. The number of halogens is 4. The van der Waals surface area contributed by atoms with Gasteiger partial charge in [0, 0.05) is 17.8 Å². The third-order valence-corrected chi connectivity index (χ3v) is 5.99. The van der Waals surface area contributed by atoms with Crippen LogP contribution in [0.2, 0.25) is 0 Å². The number of alkyl halides is 3. The van der Waals surface area contributed by atoms with Gasteiger partial charge in [-0.25, -0.2) is 9.97 Å². The van der Waals surface area contributed by atoms with E-state index in [1.54, 1.807) is 30.9 Å². The first-order valence-corrected chi connectivity index (χ1v) is 11.0. The maximum atomic E-state index is 15.4. The van der Waals surface area contributed by atoms with Crippen molar-refractivity contribution < 1.29 is 22.7 Å². The summed E-state index contributed by atoms with van der Waals surface area (Å²) < 4.78 is 54.1. The molecule has 1 aromatic carbocycles. The predicted octanol–water partition coefficient (Wildman–Crippen LogP) is 5.34. The maximum absolute atomic E-state index is 15.4. The van der Waals surface area contributed by atoms with Gasteiger partial charge in [-0.1, -0.05) is 18.2 Å². The average molecular weight is 475 g/mol. The molecule has 0 spiro atoms. The van der Waals surface area contributed by atoms with Crippen LogP contribution in [0.1, 0.15) is 60.0 Å². The van der Waals surface area contributed by atoms with Gasteiger partial charge in [0.05, 0.1) is 29.9 Å². The minimum absolute atomic E-state index is 0.0159. The van der Waals surface area contributed by atoms with Crippen molar-refractivity contribution in [2.24, 2.45) is 0 Å². The summed E-state index contributed by atoms with van der Waals surface area (Å²) in [4.78, 5) is 14.3. The Hall–Kier alpha value is -3.27. The highest BCUT2D eigenvalue weighted by Gasteiger charge is 2.33. The third kappa shape index (κ3) is 4.96. The standard InChI is InChI=1S/C24H25F4N5O/c1-14-19(15(2)34)10-9-18(32-14)12-29-22-21(25)23(31-13-30-22)33-11-3-4-20(33)16-5-7-17(8-6-16)24(26,27)28/h5-10,13,15,20,34H,3-4,11-12H2,1-2H3,(H,29,30,31). The molecule has 4 rings (SSSR count). The molecule has 1 saturated heterocycles. The van der Waals surface area contributed by atoms with Crippen LogP contribution >= 0.6 is 0 Å². The van der Waals surface area contributed by atoms with E-state index in [9.17, 15) is 18.3 Å². The average Bonchev–Trinajstić information content (AvgIpc) is 3.27. The van der Waals surface area contributed by atoms with E-state index >= 15 is 4.39 Å². The summed E-state index contributed by atoms with van der Waals surface area (Å²) in [6.45, 7) is 4.21. The Labute approximate surface area is 194 Å². The highest BCUT2D eigenvalue weighted by Crippen LogP contribution is 2.38. The maximum Gasteiger partial charge on any atom is 0.416 e. The van der Waals surface area contributed by atoms with Crippen LogP contribution in [0, 0.1) is 12.7 Å². The molecule has 1 aliphatic heterocycles. The van der Waals surface area contributed by atoms with Crippen LogP contribution in [0.15, 0.2) is 42.7 Å². The minimum Gasteiger partial charge on any atom is -0.389 e. The third-order valence-electron chi connectivity index (χ3n) is 5.99. The predicted molar refractivity (Wildman–Crippen MR) is 120 cm³/mol. The number of aliphatic hydroxyl groups excluding tert-OH is 1. The highest BCUT2D eigenvalue weighted by atomic mass is 19.4. The van der Waals surface area contributed by atoms with Crippen LogP contribution in [0.3, 0.4) is 0 Å². The number of pyridine rings is 1. The zero-order chi connectivity index (χ0) is 24.5. The molecule has 3 heterocycles. The smallest absolute Gasteiger partial charge is 0.389 e. The number of hydrogen-bond donors (Lipinski definition) is 2. The molecule has 2 unspecified atom stereocenters. The van der Waals surface area contributed by atoms with E-state index in [1.807, 2.05) is 0 Å². The minimum atomic E-state index is -4.41. The number of nitrogens with zero attached hydrogens (tertiary/aromatic N) is 4. The van der Waals surface area contributed by atoms with Gasteiger partial charge >= 0.3 is 6.18 Å². The van der Waals surface area contributed by atoms with Gasteiger partial charge in [-0.3, -0.25) is 4.98 Å². The van der Waals surface area contributed by atoms with Crippen LogP contribution in [0.4, 0.5) is 29.2 Å². The van der Waals surface area contributed by atoms with Gasteiger partial charge in [0.2, 0.25) is 5.82 Å². The molecule has 3 aromatic rings. The Morgan fingerprint density at radius 1 is 1.15 bits per heavy atom. The summed E-state index contributed by atoms with van der Waals surface area (Å²) in [5, 5.41) is 12.7. The SMILES string of the molecule is Cc1nc(CNc2ncnc(N3CCCC3c3ccc(C(F)(F)F)cc3)c2F)ccc1C(C)O. The first-order valence-electron chi connectivity index (χ1n) is 11.0. The van der Waals surface area contributed by atoms with Gasteiger partial charge in [0.25, 0.3) is 0 Å². The molecule has 2 aromatic heterocycles. The number of aryl methyl sites for hydroxylation is 1. The van der Waals surface area contributed by atoms with Crippen LogP contribution in [0.25, 0.3) is 0 Å². The van der Waals surface area contributed by atoms with Crippen molar-refractivity contribution in [2.75, 3.05) is 16.8 Å². The molecule has 6 nitrogen and oxygen atoms in total. The lowest BCUT2D eigenvalue weighted by Crippen LogP contribution is -2.25. The number of hydrogen-bond acceptors (Lipinski definition) is 6. The second-order valence-electron chi connectivity index (χ2n) is 8.34. The molecular formula is C24H25F4N5O. The van der Waals surface area contributed by atoms with E-state index in [0.29, 0.717) is 29.9 Å². The Morgan fingerprint density at radius 2 is 1.88 bits per heavy atom. The fraction of sp³-hybridized carbons (Fsp3) is 0.375. The van der Waals surface area contributed by atoms with Crippen molar-refractivity contribution in [3.8, 4) is 0 Å². The van der Waals surface area contributed by atoms with Gasteiger partial charge in [-0.2, -0.15) is 17.6 Å². The molecule has 0 radical (unpaired) electrons. The summed E-state index contributed by atoms with van der Waals surface area (Å²) in [5.41, 5.74) is 2.03. The normalized spacial score (nSPS) is 17.1. The van der Waals surface area contributed by atoms with Crippen molar-refractivity contribution >= 4 is 11.6 Å². The molecule has 0 aliphatic carbocycles. The second kappa shape index (κ2) is 9.54. The van der Waals surface area contributed by atoms with E-state index in [0.717, 1.165) is 24.1 Å². The van der Waals surface area contributed by atoms with Crippen LogP contribution in [-0.2, 0) is 12.7 Å². The Kier molecular flexibility index (Phi) is 6.70. The van der Waals surface area contributed by atoms with Crippen LogP contribution < -0.4 is 10.2 Å². The van der Waals surface area contributed by atoms with Crippen molar-refractivity contribution in [2.45, 2.75) is 51.6 Å². The number of benzene rings is 1. The van der Waals surface area contributed by atoms with E-state index < -0.39 is 23.7 Å². The summed E-state index contributed by atoms with van der Waals surface area (Å²) in [7, 11) is 0. The van der Waals surface area contributed by atoms with E-state index in [2.05, 4.69) is 20.3 Å². The molecule has 1 fully saturated rings. The van der Waals surface area contributed by atoms with E-state index in [-0.39, 0.29) is 24.2 Å². The van der Waals surface area contributed by atoms with Gasteiger partial charge in [0.15, 0.2) is 11.6 Å². The topological polar surface area (TPSA) is 74.2 Å². The Morgan fingerprint density at radius 3 is 2.53 bits per heavy atom. The van der Waals surface area contributed by atoms with Gasteiger partial charge in [-0.05, 0) is 50.5 Å². The van der Waals surface area contributed by atoms with Crippen molar-refractivity contribution in [3.63, 3.8) is 0 Å². The molecule has 2 N–H and O–H groups in total. The quantitative estimate of drug-likeness (QED) is 0.469. The molecule has 1 aliphatic rings. The zero-order valence-corrected chi connectivity index (χ0v) is 18.8. The lowest BCUT2D eigenvalue weighted by atomic mass is 10.0. The monoisotopic (exact) mass is 475 g/mol. The molecule has 2 atom stereocenters. The highest BCUT2D eigenvalue weighted by molar-refractivity contribution is 5.53. The Bertz CT molecular complexity index is 1150. The fourth-order valence-electron chi connectivity index (χ4n) is 4.28. The van der Waals surface area contributed by atoms with Crippen molar-refractivity contribution in [3.05, 3.63) is 76.6 Å². The summed E-state index contributed by atoms with van der Waals surface area (Å²) in [6, 6.07) is 8.23. The van der Waals surface area contributed by atoms with Gasteiger partial charge in [-0.15, -0.1) is 0 Å². The number of rotatable bonds is 6. The first kappa shape index (κ1) is 23.9. The number of nitrogens with one attached hydrogen (secondary N) is 1. The van der Waals surface area contributed by atoms with E-state index in [1.165, 1.54) is 18.5 Å². The van der Waals surface area contributed by atoms with Crippen molar-refractivity contribution in [1.29, 1.82) is 0 Å². The summed E-state index contributed by atoms with van der Waals surface area (Å²) in [6.07, 6.45) is -2.34. The van der Waals surface area contributed by atoms with Crippen LogP contribution in [0.5, 0.6) is 0 Å². The molecule has 34 heavy (non-hydrogen) atoms. The zero-order valence-electron chi connectivity index (χ0n) is 18.8. The number of aromatic nitrogens is 3. The van der Waals surface area contributed by atoms with Gasteiger partial charge < -0.3 is 15.3 Å². The molecule has 10 heteroatoms. The molecular weight excluding hydrogens is 450 g/mol. The Balaban J connectivity index is 1.52. The van der Waals surface area contributed by atoms with Crippen molar-refractivity contribution in [1.82, 2.24) is 15.0 Å². The first-order chi connectivity index (χ1) is 16.1. The lowest BCUT2D eigenvalue weighted by Gasteiger charge is -2.27. The fourth-order valence-corrected chi connectivity index (χ4v) is 4.28. The summed E-state index contributed by atoms with van der Waals surface area (Å²) >= 11 is 0. The molecule has 0 bridgehead atoms. The lowest BCUT2D eigenvalue weighted by molar-refractivity contribution is -0.137. The second-order valence-corrected chi connectivity index (χ2v) is 8.34. The van der Waals surface area contributed by atoms with E-state index in [4.69, 9.17) is 0 Å². The number of aliphatic hydroxyl groups is 1. The molecule has 180 valence electrons. The number of anilines is 2. The van der Waals surface area contributed by atoms with Crippen LogP contribution in [-0.4, -0.2) is 26.6 Å². The molecule has 0 saturated carbocycles.